The number of ether oxygens (including phenoxy) is 1. The largest absolute Gasteiger partial charge is 0.495 e. The van der Waals surface area contributed by atoms with E-state index >= 15 is 0 Å². The number of rotatable bonds is 7. The number of methoxy groups -OCH3 is 1. The number of amides is 1. The van der Waals surface area contributed by atoms with Gasteiger partial charge in [0.25, 0.3) is 15.9 Å². The maximum absolute atomic E-state index is 12.7. The standard InChI is InChI=1S/C18H21ClN2O4S/c1-4-21(5-2)18(22)13-7-6-8-15(11-13)26(23,24)20-16-12-14(19)9-10-17(16)25-3/h6-12,20H,4-5H2,1-3H3. The number of carbonyl (C=O) groups is 1. The van der Waals surface area contributed by atoms with E-state index in [9.17, 15) is 13.2 Å². The highest BCUT2D eigenvalue weighted by Gasteiger charge is 2.20. The van der Waals surface area contributed by atoms with Gasteiger partial charge >= 0.3 is 0 Å². The molecule has 0 aliphatic heterocycles. The van der Waals surface area contributed by atoms with Gasteiger partial charge in [0.1, 0.15) is 5.75 Å². The molecule has 0 fully saturated rings. The lowest BCUT2D eigenvalue weighted by Crippen LogP contribution is -2.30. The zero-order valence-electron chi connectivity index (χ0n) is 14.8. The summed E-state index contributed by atoms with van der Waals surface area (Å²) >= 11 is 5.94. The molecule has 0 saturated heterocycles. The van der Waals surface area contributed by atoms with Crippen molar-refractivity contribution >= 4 is 33.2 Å². The van der Waals surface area contributed by atoms with Gasteiger partial charge in [-0.3, -0.25) is 9.52 Å². The Hall–Kier alpha value is -2.25. The zero-order chi connectivity index (χ0) is 19.3. The number of halogens is 1. The molecule has 0 heterocycles. The molecule has 0 aliphatic rings. The van der Waals surface area contributed by atoms with Gasteiger partial charge in [-0.05, 0) is 50.2 Å². The van der Waals surface area contributed by atoms with Crippen molar-refractivity contribution in [3.8, 4) is 5.75 Å². The molecule has 1 N–H and O–H groups in total. The lowest BCUT2D eigenvalue weighted by molar-refractivity contribution is 0.0772. The van der Waals surface area contributed by atoms with Crippen LogP contribution in [0.1, 0.15) is 24.2 Å². The van der Waals surface area contributed by atoms with E-state index < -0.39 is 10.0 Å². The summed E-state index contributed by atoms with van der Waals surface area (Å²) in [7, 11) is -2.48. The third-order valence-corrected chi connectivity index (χ3v) is 5.45. The van der Waals surface area contributed by atoms with E-state index in [1.807, 2.05) is 13.8 Å². The maximum Gasteiger partial charge on any atom is 0.262 e. The van der Waals surface area contributed by atoms with Crippen LogP contribution in [0, 0.1) is 0 Å². The number of nitrogens with zero attached hydrogens (tertiary/aromatic N) is 1. The van der Waals surface area contributed by atoms with E-state index in [0.29, 0.717) is 29.4 Å². The molecule has 2 aromatic rings. The number of nitrogens with one attached hydrogen (secondary N) is 1. The Balaban J connectivity index is 2.37. The van der Waals surface area contributed by atoms with Crippen LogP contribution in [-0.2, 0) is 10.0 Å². The van der Waals surface area contributed by atoms with Gasteiger partial charge in [-0.2, -0.15) is 0 Å². The van der Waals surface area contributed by atoms with Crippen molar-refractivity contribution < 1.29 is 17.9 Å². The van der Waals surface area contributed by atoms with Crippen LogP contribution in [0.2, 0.25) is 5.02 Å². The predicted octanol–water partition coefficient (Wildman–Crippen LogP) is 3.63. The quantitative estimate of drug-likeness (QED) is 0.775. The molecule has 0 bridgehead atoms. The smallest absolute Gasteiger partial charge is 0.262 e. The van der Waals surface area contributed by atoms with Crippen LogP contribution >= 0.6 is 11.6 Å². The van der Waals surface area contributed by atoms with E-state index in [1.54, 1.807) is 29.2 Å². The summed E-state index contributed by atoms with van der Waals surface area (Å²) in [6, 6.07) is 10.6. The molecule has 26 heavy (non-hydrogen) atoms. The Morgan fingerprint density at radius 2 is 1.85 bits per heavy atom. The number of sulfonamides is 1. The van der Waals surface area contributed by atoms with Gasteiger partial charge < -0.3 is 9.64 Å². The summed E-state index contributed by atoms with van der Waals surface area (Å²) in [6.07, 6.45) is 0. The minimum absolute atomic E-state index is 0.0162. The van der Waals surface area contributed by atoms with E-state index in [2.05, 4.69) is 4.72 Å². The van der Waals surface area contributed by atoms with Crippen molar-refractivity contribution in [3.63, 3.8) is 0 Å². The summed E-state index contributed by atoms with van der Waals surface area (Å²) in [6.45, 7) is 4.83. The number of carbonyl (C=O) groups excluding carboxylic acids is 1. The van der Waals surface area contributed by atoms with Gasteiger partial charge in [-0.25, -0.2) is 8.42 Å². The molecule has 2 rings (SSSR count). The summed E-state index contributed by atoms with van der Waals surface area (Å²) < 4.78 is 33.1. The van der Waals surface area contributed by atoms with Crippen molar-refractivity contribution in [1.29, 1.82) is 0 Å². The van der Waals surface area contributed by atoms with E-state index in [-0.39, 0.29) is 16.5 Å². The molecule has 0 saturated carbocycles. The van der Waals surface area contributed by atoms with Crippen LogP contribution < -0.4 is 9.46 Å². The van der Waals surface area contributed by atoms with Crippen molar-refractivity contribution in [2.75, 3.05) is 24.9 Å². The highest BCUT2D eigenvalue weighted by molar-refractivity contribution is 7.92. The van der Waals surface area contributed by atoms with Gasteiger partial charge in [0.15, 0.2) is 0 Å². The predicted molar refractivity (Wildman–Crippen MR) is 103 cm³/mol. The van der Waals surface area contributed by atoms with Gasteiger partial charge in [0, 0.05) is 23.7 Å². The summed E-state index contributed by atoms with van der Waals surface area (Å²) in [4.78, 5) is 14.1. The second-order valence-corrected chi connectivity index (χ2v) is 7.57. The molecular weight excluding hydrogens is 376 g/mol. The minimum Gasteiger partial charge on any atom is -0.495 e. The van der Waals surface area contributed by atoms with Crippen LogP contribution in [-0.4, -0.2) is 39.4 Å². The minimum atomic E-state index is -3.92. The fourth-order valence-electron chi connectivity index (χ4n) is 2.45. The Kier molecular flexibility index (Phi) is 6.50. The number of benzene rings is 2. The monoisotopic (exact) mass is 396 g/mol. The molecule has 8 heteroatoms. The number of hydrogen-bond donors (Lipinski definition) is 1. The molecule has 0 spiro atoms. The highest BCUT2D eigenvalue weighted by Crippen LogP contribution is 2.30. The Morgan fingerprint density at radius 3 is 2.46 bits per heavy atom. The highest BCUT2D eigenvalue weighted by atomic mass is 35.5. The average Bonchev–Trinajstić information content (AvgIpc) is 2.62. The molecule has 0 aromatic heterocycles. The average molecular weight is 397 g/mol. The maximum atomic E-state index is 12.7. The van der Waals surface area contributed by atoms with Gasteiger partial charge in [0.05, 0.1) is 17.7 Å². The summed E-state index contributed by atoms with van der Waals surface area (Å²) in [5.74, 6) is 0.126. The molecule has 0 atom stereocenters. The first-order chi connectivity index (χ1) is 12.3. The molecule has 2 aromatic carbocycles. The number of hydrogen-bond acceptors (Lipinski definition) is 4. The molecule has 140 valence electrons. The second-order valence-electron chi connectivity index (χ2n) is 5.46. The fraction of sp³-hybridized carbons (Fsp3) is 0.278. The van der Waals surface area contributed by atoms with Crippen LogP contribution in [0.15, 0.2) is 47.4 Å². The Morgan fingerprint density at radius 1 is 1.15 bits per heavy atom. The first-order valence-corrected chi connectivity index (χ1v) is 9.94. The third kappa shape index (κ3) is 4.47. The number of anilines is 1. The SMILES string of the molecule is CCN(CC)C(=O)c1cccc(S(=O)(=O)Nc2cc(Cl)ccc2OC)c1. The summed E-state index contributed by atoms with van der Waals surface area (Å²) in [5.41, 5.74) is 0.537. The van der Waals surface area contributed by atoms with Crippen LogP contribution in [0.25, 0.3) is 0 Å². The lowest BCUT2D eigenvalue weighted by atomic mass is 10.2. The normalized spacial score (nSPS) is 11.1. The molecular formula is C18H21ClN2O4S. The van der Waals surface area contributed by atoms with Crippen LogP contribution in [0.4, 0.5) is 5.69 Å². The second kappa shape index (κ2) is 8.42. The molecule has 1 amide bonds. The topological polar surface area (TPSA) is 75.7 Å². The van der Waals surface area contributed by atoms with Crippen molar-refractivity contribution in [1.82, 2.24) is 4.90 Å². The Bertz CT molecular complexity index is 896. The van der Waals surface area contributed by atoms with Crippen molar-refractivity contribution in [3.05, 3.63) is 53.1 Å². The van der Waals surface area contributed by atoms with Crippen LogP contribution in [0.5, 0.6) is 5.75 Å². The molecule has 0 radical (unpaired) electrons. The molecule has 0 aliphatic carbocycles. The lowest BCUT2D eigenvalue weighted by Gasteiger charge is -2.19. The van der Waals surface area contributed by atoms with Gasteiger partial charge in [-0.15, -0.1) is 0 Å². The van der Waals surface area contributed by atoms with E-state index in [0.717, 1.165) is 0 Å². The van der Waals surface area contributed by atoms with E-state index in [1.165, 1.54) is 25.3 Å². The first kappa shape index (κ1) is 20.1. The van der Waals surface area contributed by atoms with Gasteiger partial charge in [0.2, 0.25) is 0 Å². The van der Waals surface area contributed by atoms with Gasteiger partial charge in [-0.1, -0.05) is 17.7 Å². The fourth-order valence-corrected chi connectivity index (χ4v) is 3.73. The van der Waals surface area contributed by atoms with Crippen LogP contribution in [0.3, 0.4) is 0 Å². The zero-order valence-corrected chi connectivity index (χ0v) is 16.4. The first-order valence-electron chi connectivity index (χ1n) is 8.08. The van der Waals surface area contributed by atoms with E-state index in [4.69, 9.17) is 16.3 Å². The molecule has 0 unspecified atom stereocenters. The third-order valence-electron chi connectivity index (χ3n) is 3.85. The Labute approximate surface area is 158 Å². The van der Waals surface area contributed by atoms with Crippen molar-refractivity contribution in [2.45, 2.75) is 18.7 Å². The molecule has 6 nitrogen and oxygen atoms in total. The summed E-state index contributed by atoms with van der Waals surface area (Å²) in [5, 5.41) is 0.369. The van der Waals surface area contributed by atoms with Crippen molar-refractivity contribution in [2.24, 2.45) is 0 Å².